The quantitative estimate of drug-likeness (QED) is 0.387. The molecule has 10 heteroatoms. The Hall–Kier alpha value is -3.94. The molecule has 0 aromatic heterocycles. The summed E-state index contributed by atoms with van der Waals surface area (Å²) < 4.78 is 53.4. The summed E-state index contributed by atoms with van der Waals surface area (Å²) in [4.78, 5) is 19.4. The van der Waals surface area contributed by atoms with E-state index in [1.165, 1.54) is 4.90 Å². The van der Waals surface area contributed by atoms with Crippen LogP contribution in [0, 0.1) is 17.1 Å². The summed E-state index contributed by atoms with van der Waals surface area (Å²) >= 11 is 0. The molecule has 1 saturated heterocycles. The number of halogens is 4. The van der Waals surface area contributed by atoms with Crippen molar-refractivity contribution >= 4 is 17.4 Å². The fourth-order valence-electron chi connectivity index (χ4n) is 4.70. The van der Waals surface area contributed by atoms with Crippen LogP contribution in [-0.2, 0) is 6.18 Å². The first-order chi connectivity index (χ1) is 18.5. The number of piperazine rings is 1. The highest BCUT2D eigenvalue weighted by Crippen LogP contribution is 2.33. The van der Waals surface area contributed by atoms with E-state index in [-0.39, 0.29) is 18.3 Å². The Bertz CT molecular complexity index is 1350. The van der Waals surface area contributed by atoms with Crippen LogP contribution in [0.4, 0.5) is 33.7 Å². The van der Waals surface area contributed by atoms with Gasteiger partial charge in [-0.1, -0.05) is 24.3 Å². The standard InChI is InChI=1S/C29H29F4N5O/c1-20-19-36(2)12-13-37(20)14-15-38(28(39)35-24-8-11-27(30)26(17-24)29(31,32)33)25-9-6-22(7-10-25)23-5-3-4-21(16-23)18-34/h3-11,16-17,20H,12-15,19H2,1-2H3,(H,35,39)/t20-/m0/s1. The molecule has 39 heavy (non-hydrogen) atoms. The Labute approximate surface area is 225 Å². The zero-order chi connectivity index (χ0) is 28.2. The molecule has 0 saturated carbocycles. The van der Waals surface area contributed by atoms with E-state index in [0.717, 1.165) is 36.8 Å². The van der Waals surface area contributed by atoms with Crippen LogP contribution in [0.5, 0.6) is 0 Å². The van der Waals surface area contributed by atoms with Crippen LogP contribution in [0.3, 0.4) is 0 Å². The summed E-state index contributed by atoms with van der Waals surface area (Å²) in [6.07, 6.45) is -4.89. The Balaban J connectivity index is 1.58. The van der Waals surface area contributed by atoms with Crippen LogP contribution >= 0.6 is 0 Å². The largest absolute Gasteiger partial charge is 0.419 e. The third-order valence-corrected chi connectivity index (χ3v) is 6.85. The molecule has 1 aliphatic rings. The summed E-state index contributed by atoms with van der Waals surface area (Å²) in [6.45, 7) is 5.57. The predicted molar refractivity (Wildman–Crippen MR) is 143 cm³/mol. The molecule has 0 aliphatic carbocycles. The molecule has 1 fully saturated rings. The van der Waals surface area contributed by atoms with Gasteiger partial charge in [0.05, 0.1) is 17.2 Å². The van der Waals surface area contributed by atoms with E-state index >= 15 is 0 Å². The van der Waals surface area contributed by atoms with Crippen molar-refractivity contribution < 1.29 is 22.4 Å². The summed E-state index contributed by atoms with van der Waals surface area (Å²) in [5.41, 5.74) is 1.16. The van der Waals surface area contributed by atoms with E-state index < -0.39 is 23.6 Å². The SMILES string of the molecule is C[C@H]1CN(C)CCN1CCN(C(=O)Nc1ccc(F)c(C(F)(F)F)c1)c1ccc(-c2cccc(C#N)c2)cc1. The summed E-state index contributed by atoms with van der Waals surface area (Å²) in [5.74, 6) is -1.41. The van der Waals surface area contributed by atoms with E-state index in [2.05, 4.69) is 35.2 Å². The number of amides is 2. The Kier molecular flexibility index (Phi) is 8.53. The fourth-order valence-corrected chi connectivity index (χ4v) is 4.70. The van der Waals surface area contributed by atoms with Crippen molar-refractivity contribution in [1.82, 2.24) is 9.80 Å². The maximum Gasteiger partial charge on any atom is 0.419 e. The smallest absolute Gasteiger partial charge is 0.308 e. The summed E-state index contributed by atoms with van der Waals surface area (Å²) in [5, 5.41) is 11.7. The van der Waals surface area contributed by atoms with Crippen LogP contribution in [0.1, 0.15) is 18.1 Å². The van der Waals surface area contributed by atoms with E-state index in [0.29, 0.717) is 29.9 Å². The minimum atomic E-state index is -4.89. The van der Waals surface area contributed by atoms with Crippen molar-refractivity contribution in [1.29, 1.82) is 5.26 Å². The van der Waals surface area contributed by atoms with Crippen molar-refractivity contribution in [3.63, 3.8) is 0 Å². The van der Waals surface area contributed by atoms with Gasteiger partial charge in [0.15, 0.2) is 0 Å². The number of urea groups is 1. The number of nitrogens with zero attached hydrogens (tertiary/aromatic N) is 4. The van der Waals surface area contributed by atoms with Gasteiger partial charge in [0.25, 0.3) is 0 Å². The predicted octanol–water partition coefficient (Wildman–Crippen LogP) is 6.06. The number of hydrogen-bond donors (Lipinski definition) is 1. The van der Waals surface area contributed by atoms with Gasteiger partial charge in [-0.25, -0.2) is 9.18 Å². The van der Waals surface area contributed by atoms with Crippen LogP contribution in [-0.4, -0.2) is 61.6 Å². The van der Waals surface area contributed by atoms with Gasteiger partial charge in [-0.15, -0.1) is 0 Å². The lowest BCUT2D eigenvalue weighted by atomic mass is 10.0. The number of hydrogen-bond acceptors (Lipinski definition) is 4. The van der Waals surface area contributed by atoms with E-state index in [9.17, 15) is 27.6 Å². The second kappa shape index (κ2) is 11.8. The zero-order valence-corrected chi connectivity index (χ0v) is 21.7. The number of anilines is 2. The molecule has 204 valence electrons. The Morgan fingerprint density at radius 3 is 2.49 bits per heavy atom. The van der Waals surface area contributed by atoms with Crippen molar-refractivity contribution in [2.45, 2.75) is 19.1 Å². The summed E-state index contributed by atoms with van der Waals surface area (Å²) in [7, 11) is 2.05. The number of alkyl halides is 3. The molecule has 0 spiro atoms. The maximum absolute atomic E-state index is 13.8. The second-order valence-electron chi connectivity index (χ2n) is 9.66. The molecule has 1 atom stereocenters. The van der Waals surface area contributed by atoms with Crippen molar-refractivity contribution in [2.75, 3.05) is 50.0 Å². The fraction of sp³-hybridized carbons (Fsp3) is 0.310. The molecule has 2 amide bonds. The monoisotopic (exact) mass is 539 g/mol. The van der Waals surface area contributed by atoms with E-state index in [1.54, 1.807) is 30.3 Å². The third-order valence-electron chi connectivity index (χ3n) is 6.85. The van der Waals surface area contributed by atoms with Gasteiger partial charge in [-0.3, -0.25) is 9.80 Å². The average Bonchev–Trinajstić information content (AvgIpc) is 2.90. The third kappa shape index (κ3) is 6.93. The van der Waals surface area contributed by atoms with Crippen LogP contribution in [0.2, 0.25) is 0 Å². The topological polar surface area (TPSA) is 62.6 Å². The van der Waals surface area contributed by atoms with Gasteiger partial charge in [-0.05, 0) is 67.6 Å². The van der Waals surface area contributed by atoms with Gasteiger partial charge in [-0.2, -0.15) is 18.4 Å². The van der Waals surface area contributed by atoms with Crippen LogP contribution in [0.15, 0.2) is 66.7 Å². The number of benzene rings is 3. The number of carbonyl (C=O) groups excluding carboxylic acids is 1. The molecule has 1 heterocycles. The van der Waals surface area contributed by atoms with Gasteiger partial charge in [0.1, 0.15) is 5.82 Å². The molecular weight excluding hydrogens is 510 g/mol. The molecule has 0 bridgehead atoms. The molecule has 4 rings (SSSR count). The maximum atomic E-state index is 13.8. The first kappa shape index (κ1) is 28.1. The van der Waals surface area contributed by atoms with Gasteiger partial charge in [0.2, 0.25) is 0 Å². The highest BCUT2D eigenvalue weighted by atomic mass is 19.4. The Morgan fingerprint density at radius 2 is 1.82 bits per heavy atom. The average molecular weight is 540 g/mol. The van der Waals surface area contributed by atoms with Gasteiger partial charge < -0.3 is 10.2 Å². The van der Waals surface area contributed by atoms with Crippen molar-refractivity contribution in [2.24, 2.45) is 0 Å². The van der Waals surface area contributed by atoms with Crippen LogP contribution in [0.25, 0.3) is 11.1 Å². The lowest BCUT2D eigenvalue weighted by Gasteiger charge is -2.39. The van der Waals surface area contributed by atoms with E-state index in [4.69, 9.17) is 0 Å². The van der Waals surface area contributed by atoms with Gasteiger partial charge >= 0.3 is 12.2 Å². The first-order valence-corrected chi connectivity index (χ1v) is 12.5. The normalized spacial score (nSPS) is 16.5. The first-order valence-electron chi connectivity index (χ1n) is 12.5. The van der Waals surface area contributed by atoms with Crippen LogP contribution < -0.4 is 10.2 Å². The number of nitriles is 1. The highest BCUT2D eigenvalue weighted by Gasteiger charge is 2.34. The van der Waals surface area contributed by atoms with Gasteiger partial charge in [0, 0.05) is 50.1 Å². The van der Waals surface area contributed by atoms with E-state index in [1.807, 2.05) is 18.2 Å². The molecule has 3 aromatic carbocycles. The highest BCUT2D eigenvalue weighted by molar-refractivity contribution is 6.02. The number of likely N-dealkylation sites (N-methyl/N-ethyl adjacent to an activating group) is 1. The molecular formula is C29H29F4N5O. The number of nitrogens with one attached hydrogen (secondary N) is 1. The van der Waals surface area contributed by atoms with Crippen molar-refractivity contribution in [3.8, 4) is 17.2 Å². The number of rotatable bonds is 6. The lowest BCUT2D eigenvalue weighted by molar-refractivity contribution is -0.139. The minimum Gasteiger partial charge on any atom is -0.308 e. The Morgan fingerprint density at radius 1 is 1.08 bits per heavy atom. The molecule has 3 aromatic rings. The number of carbonyl (C=O) groups is 1. The molecule has 6 nitrogen and oxygen atoms in total. The molecule has 0 unspecified atom stereocenters. The lowest BCUT2D eigenvalue weighted by Crippen LogP contribution is -2.52. The second-order valence-corrected chi connectivity index (χ2v) is 9.66. The minimum absolute atomic E-state index is 0.156. The zero-order valence-electron chi connectivity index (χ0n) is 21.7. The summed E-state index contributed by atoms with van der Waals surface area (Å²) in [6, 6.07) is 18.5. The molecule has 1 N–H and O–H groups in total. The molecule has 1 aliphatic heterocycles. The van der Waals surface area contributed by atoms with Crippen molar-refractivity contribution in [3.05, 3.63) is 83.7 Å². The molecule has 0 radical (unpaired) electrons.